The molecule has 4 nitrogen and oxygen atoms in total. The predicted octanol–water partition coefficient (Wildman–Crippen LogP) is 3.02. The molecule has 3 N–H and O–H groups in total. The molecular formula is C15H21ClN2O2. The second kappa shape index (κ2) is 6.48. The lowest BCUT2D eigenvalue weighted by molar-refractivity contribution is 0.0585. The third-order valence-corrected chi connectivity index (χ3v) is 4.05. The zero-order chi connectivity index (χ0) is 13.2. The minimum Gasteiger partial charge on any atom is -0.497 e. The van der Waals surface area contributed by atoms with E-state index in [1.165, 1.54) is 10.9 Å². The van der Waals surface area contributed by atoms with Crippen LogP contribution in [0.1, 0.15) is 24.4 Å². The smallest absolute Gasteiger partial charge is 0.119 e. The van der Waals surface area contributed by atoms with Gasteiger partial charge in [-0.05, 0) is 42.5 Å². The largest absolute Gasteiger partial charge is 0.497 e. The molecule has 1 aromatic carbocycles. The van der Waals surface area contributed by atoms with Crippen molar-refractivity contribution in [1.29, 1.82) is 0 Å². The van der Waals surface area contributed by atoms with E-state index in [1.54, 1.807) is 7.11 Å². The zero-order valence-corrected chi connectivity index (χ0v) is 12.4. The fraction of sp³-hybridized carbons (Fsp3) is 0.467. The average Bonchev–Trinajstić information content (AvgIpc) is 2.90. The minimum atomic E-state index is 0. The normalized spacial score (nSPS) is 17.7. The Bertz CT molecular complexity index is 564. The summed E-state index contributed by atoms with van der Waals surface area (Å²) in [5.41, 5.74) is 8.75. The molecule has 1 aliphatic heterocycles. The molecule has 1 atom stereocenters. The van der Waals surface area contributed by atoms with Gasteiger partial charge in [-0.3, -0.25) is 0 Å². The topological polar surface area (TPSA) is 60.3 Å². The molecule has 2 aromatic rings. The first-order chi connectivity index (χ1) is 9.29. The summed E-state index contributed by atoms with van der Waals surface area (Å²) in [6.07, 6.45) is 4.11. The van der Waals surface area contributed by atoms with Gasteiger partial charge in [0.05, 0.1) is 7.11 Å². The summed E-state index contributed by atoms with van der Waals surface area (Å²) in [5.74, 6) is 1.37. The number of benzene rings is 1. The number of nitrogens with two attached hydrogens (primary N) is 1. The molecule has 1 aromatic heterocycles. The molecule has 0 radical (unpaired) electrons. The van der Waals surface area contributed by atoms with Gasteiger partial charge in [0, 0.05) is 36.4 Å². The van der Waals surface area contributed by atoms with Gasteiger partial charge in [0.25, 0.3) is 0 Å². The maximum atomic E-state index is 6.46. The Kier molecular flexibility index (Phi) is 4.91. The Balaban J connectivity index is 0.00000147. The van der Waals surface area contributed by atoms with Gasteiger partial charge >= 0.3 is 0 Å². The number of rotatable bonds is 3. The lowest BCUT2D eigenvalue weighted by atomic mass is 9.87. The maximum Gasteiger partial charge on any atom is 0.119 e. The van der Waals surface area contributed by atoms with Gasteiger partial charge in [-0.2, -0.15) is 0 Å². The van der Waals surface area contributed by atoms with Gasteiger partial charge in [-0.25, -0.2) is 0 Å². The Hall–Kier alpha value is -1.23. The number of ether oxygens (including phenoxy) is 2. The van der Waals surface area contributed by atoms with Crippen LogP contribution in [0.2, 0.25) is 0 Å². The molecule has 0 amide bonds. The lowest BCUT2D eigenvalue weighted by Crippen LogP contribution is -2.27. The van der Waals surface area contributed by atoms with Crippen molar-refractivity contribution in [2.75, 3.05) is 20.3 Å². The third-order valence-electron chi connectivity index (χ3n) is 4.05. The molecule has 3 rings (SSSR count). The number of hydrogen-bond donors (Lipinski definition) is 2. The lowest BCUT2D eigenvalue weighted by Gasteiger charge is -2.27. The Labute approximate surface area is 125 Å². The van der Waals surface area contributed by atoms with E-state index in [1.807, 2.05) is 18.3 Å². The summed E-state index contributed by atoms with van der Waals surface area (Å²) in [4.78, 5) is 3.29. The molecule has 0 bridgehead atoms. The fourth-order valence-electron chi connectivity index (χ4n) is 2.85. The molecule has 1 saturated heterocycles. The van der Waals surface area contributed by atoms with Crippen molar-refractivity contribution in [3.8, 4) is 5.75 Å². The summed E-state index contributed by atoms with van der Waals surface area (Å²) in [6, 6.07) is 6.11. The molecule has 1 aliphatic rings. The first-order valence-electron chi connectivity index (χ1n) is 6.78. The predicted molar refractivity (Wildman–Crippen MR) is 82.6 cm³/mol. The van der Waals surface area contributed by atoms with E-state index in [4.69, 9.17) is 15.2 Å². The molecule has 20 heavy (non-hydrogen) atoms. The van der Waals surface area contributed by atoms with Gasteiger partial charge in [-0.15, -0.1) is 12.4 Å². The molecule has 0 aliphatic carbocycles. The quantitative estimate of drug-likeness (QED) is 0.915. The van der Waals surface area contributed by atoms with Gasteiger partial charge in [0.1, 0.15) is 5.75 Å². The van der Waals surface area contributed by atoms with Crippen LogP contribution >= 0.6 is 12.4 Å². The number of aromatic nitrogens is 1. The number of halogens is 1. The van der Waals surface area contributed by atoms with E-state index in [-0.39, 0.29) is 18.4 Å². The molecule has 0 saturated carbocycles. The highest BCUT2D eigenvalue weighted by atomic mass is 35.5. The van der Waals surface area contributed by atoms with E-state index < -0.39 is 0 Å². The standard InChI is InChI=1S/C15H20N2O2.ClH/c1-18-11-2-3-14-12(8-11)13(9-17-14)15(16)10-4-6-19-7-5-10;/h2-3,8-10,15,17H,4-7,16H2,1H3;1H/t15-;/m0./s1. The number of hydrogen-bond acceptors (Lipinski definition) is 3. The fourth-order valence-corrected chi connectivity index (χ4v) is 2.85. The van der Waals surface area contributed by atoms with Crippen LogP contribution in [0.25, 0.3) is 10.9 Å². The zero-order valence-electron chi connectivity index (χ0n) is 11.6. The second-order valence-corrected chi connectivity index (χ2v) is 5.13. The number of H-pyrrole nitrogens is 1. The molecule has 5 heteroatoms. The van der Waals surface area contributed by atoms with E-state index in [9.17, 15) is 0 Å². The Morgan fingerprint density at radius 2 is 2.10 bits per heavy atom. The monoisotopic (exact) mass is 296 g/mol. The summed E-state index contributed by atoms with van der Waals surface area (Å²) in [5, 5.41) is 1.17. The van der Waals surface area contributed by atoms with Crippen LogP contribution in [-0.2, 0) is 4.74 Å². The van der Waals surface area contributed by atoms with Gasteiger partial charge in [0.2, 0.25) is 0 Å². The van der Waals surface area contributed by atoms with Crippen molar-refractivity contribution in [3.63, 3.8) is 0 Å². The van der Waals surface area contributed by atoms with Crippen molar-refractivity contribution >= 4 is 23.3 Å². The van der Waals surface area contributed by atoms with Crippen molar-refractivity contribution in [3.05, 3.63) is 30.0 Å². The molecular weight excluding hydrogens is 276 g/mol. The first kappa shape index (κ1) is 15.2. The summed E-state index contributed by atoms with van der Waals surface area (Å²) in [6.45, 7) is 1.65. The Morgan fingerprint density at radius 1 is 1.35 bits per heavy atom. The van der Waals surface area contributed by atoms with Crippen LogP contribution < -0.4 is 10.5 Å². The molecule has 0 spiro atoms. The van der Waals surface area contributed by atoms with Crippen LogP contribution in [0.15, 0.2) is 24.4 Å². The summed E-state index contributed by atoms with van der Waals surface area (Å²) in [7, 11) is 1.69. The third kappa shape index (κ3) is 2.77. The second-order valence-electron chi connectivity index (χ2n) is 5.13. The van der Waals surface area contributed by atoms with Crippen molar-refractivity contribution < 1.29 is 9.47 Å². The van der Waals surface area contributed by atoms with Crippen LogP contribution in [0.4, 0.5) is 0 Å². The average molecular weight is 297 g/mol. The van der Waals surface area contributed by atoms with E-state index >= 15 is 0 Å². The van der Waals surface area contributed by atoms with Crippen LogP contribution in [-0.4, -0.2) is 25.3 Å². The van der Waals surface area contributed by atoms with E-state index in [0.29, 0.717) is 5.92 Å². The van der Waals surface area contributed by atoms with E-state index in [2.05, 4.69) is 11.1 Å². The molecule has 1 fully saturated rings. The van der Waals surface area contributed by atoms with Crippen LogP contribution in [0.3, 0.4) is 0 Å². The van der Waals surface area contributed by atoms with Crippen molar-refractivity contribution in [2.24, 2.45) is 11.7 Å². The first-order valence-corrected chi connectivity index (χ1v) is 6.78. The number of aromatic amines is 1. The molecule has 0 unspecified atom stereocenters. The van der Waals surface area contributed by atoms with Gasteiger partial charge < -0.3 is 20.2 Å². The summed E-state index contributed by atoms with van der Waals surface area (Å²) >= 11 is 0. The highest BCUT2D eigenvalue weighted by molar-refractivity contribution is 5.85. The van der Waals surface area contributed by atoms with Crippen LogP contribution in [0.5, 0.6) is 5.75 Å². The van der Waals surface area contributed by atoms with Crippen LogP contribution in [0, 0.1) is 5.92 Å². The molecule has 2 heterocycles. The number of methoxy groups -OCH3 is 1. The highest BCUT2D eigenvalue weighted by Gasteiger charge is 2.24. The summed E-state index contributed by atoms with van der Waals surface area (Å²) < 4.78 is 10.7. The van der Waals surface area contributed by atoms with Gasteiger partial charge in [-0.1, -0.05) is 0 Å². The minimum absolute atomic E-state index is 0. The van der Waals surface area contributed by atoms with Crippen molar-refractivity contribution in [2.45, 2.75) is 18.9 Å². The molecule has 110 valence electrons. The highest BCUT2D eigenvalue weighted by Crippen LogP contribution is 2.33. The number of fused-ring (bicyclic) bond motifs is 1. The maximum absolute atomic E-state index is 6.46. The van der Waals surface area contributed by atoms with Gasteiger partial charge in [0.15, 0.2) is 0 Å². The SMILES string of the molecule is COc1ccc2[nH]cc([C@@H](N)C3CCOCC3)c2c1.Cl. The van der Waals surface area contributed by atoms with E-state index in [0.717, 1.165) is 37.3 Å². The number of nitrogens with one attached hydrogen (secondary N) is 1. The van der Waals surface area contributed by atoms with Crippen molar-refractivity contribution in [1.82, 2.24) is 4.98 Å². The Morgan fingerprint density at radius 3 is 2.80 bits per heavy atom.